The van der Waals surface area contributed by atoms with Gasteiger partial charge in [-0.05, 0) is 42.1 Å². The van der Waals surface area contributed by atoms with Crippen LogP contribution in [0.3, 0.4) is 0 Å². The molecule has 0 unspecified atom stereocenters. The van der Waals surface area contributed by atoms with Crippen molar-refractivity contribution >= 4 is 39.0 Å². The second-order valence-electron chi connectivity index (χ2n) is 6.27. The summed E-state index contributed by atoms with van der Waals surface area (Å²) in [5.74, 6) is 0.868. The van der Waals surface area contributed by atoms with E-state index < -0.39 is 10.0 Å². The van der Waals surface area contributed by atoms with E-state index in [1.807, 2.05) is 16.7 Å². The first-order valence-corrected chi connectivity index (χ1v) is 11.7. The maximum Gasteiger partial charge on any atom is 0.253 e. The van der Waals surface area contributed by atoms with Crippen molar-refractivity contribution in [3.8, 4) is 0 Å². The third-order valence-electron chi connectivity index (χ3n) is 4.37. The fraction of sp³-hybridized carbons (Fsp3) is 0.389. The quantitative estimate of drug-likeness (QED) is 0.776. The number of carbonyl (C=O) groups is 1. The Hall–Kier alpha value is -1.35. The standard InChI is InChI=1S/C18H22N2O3S3/c1-19(2)26(22,23)15-7-5-14(6-8-15)18(21)20-10-9-17(25-13-11-20)16-4-3-12-24-16/h3-8,12,17H,9-11,13H2,1-2H3/t17-/m1/s1. The molecule has 3 rings (SSSR count). The first kappa shape index (κ1) is 19.4. The summed E-state index contributed by atoms with van der Waals surface area (Å²) < 4.78 is 25.4. The van der Waals surface area contributed by atoms with E-state index in [9.17, 15) is 13.2 Å². The van der Waals surface area contributed by atoms with Crippen LogP contribution < -0.4 is 0 Å². The molecule has 26 heavy (non-hydrogen) atoms. The number of hydrogen-bond acceptors (Lipinski definition) is 5. The molecule has 1 aromatic carbocycles. The molecule has 0 aliphatic carbocycles. The van der Waals surface area contributed by atoms with Crippen LogP contribution in [0.2, 0.25) is 0 Å². The van der Waals surface area contributed by atoms with E-state index in [1.54, 1.807) is 23.5 Å². The van der Waals surface area contributed by atoms with Crippen molar-refractivity contribution in [3.05, 3.63) is 52.2 Å². The molecular weight excluding hydrogens is 388 g/mol. The van der Waals surface area contributed by atoms with Crippen LogP contribution in [0.5, 0.6) is 0 Å². The van der Waals surface area contributed by atoms with Crippen molar-refractivity contribution in [3.63, 3.8) is 0 Å². The number of carbonyl (C=O) groups excluding carboxylic acids is 1. The van der Waals surface area contributed by atoms with Gasteiger partial charge in [0.25, 0.3) is 5.91 Å². The molecule has 1 atom stereocenters. The molecule has 1 fully saturated rings. The lowest BCUT2D eigenvalue weighted by atomic mass is 10.2. The number of benzene rings is 1. The maximum atomic E-state index is 12.8. The minimum Gasteiger partial charge on any atom is -0.338 e. The SMILES string of the molecule is CN(C)S(=O)(=O)c1ccc(C(=O)N2CCS[C@@H](c3cccs3)CC2)cc1. The fourth-order valence-corrected chi connectivity index (χ4v) is 5.98. The minimum absolute atomic E-state index is 0.0359. The van der Waals surface area contributed by atoms with E-state index in [1.165, 1.54) is 35.4 Å². The minimum atomic E-state index is -3.48. The Balaban J connectivity index is 1.69. The number of sulfonamides is 1. The Morgan fingerprint density at radius 2 is 1.88 bits per heavy atom. The summed E-state index contributed by atoms with van der Waals surface area (Å²) >= 11 is 3.66. The Labute approximate surface area is 163 Å². The molecule has 0 saturated carbocycles. The van der Waals surface area contributed by atoms with Gasteiger partial charge in [0.2, 0.25) is 10.0 Å². The molecule has 140 valence electrons. The summed E-state index contributed by atoms with van der Waals surface area (Å²) in [7, 11) is -0.489. The van der Waals surface area contributed by atoms with Crippen LogP contribution in [0.1, 0.15) is 26.9 Å². The van der Waals surface area contributed by atoms with Gasteiger partial charge in [-0.15, -0.1) is 11.3 Å². The van der Waals surface area contributed by atoms with E-state index >= 15 is 0 Å². The number of thioether (sulfide) groups is 1. The highest BCUT2D eigenvalue weighted by Crippen LogP contribution is 2.36. The molecule has 2 heterocycles. The molecule has 1 saturated heterocycles. The summed E-state index contributed by atoms with van der Waals surface area (Å²) in [6.07, 6.45) is 0.935. The lowest BCUT2D eigenvalue weighted by Gasteiger charge is -2.20. The summed E-state index contributed by atoms with van der Waals surface area (Å²) in [6.45, 7) is 1.43. The zero-order valence-electron chi connectivity index (χ0n) is 14.8. The van der Waals surface area contributed by atoms with Crippen LogP contribution in [0.25, 0.3) is 0 Å². The van der Waals surface area contributed by atoms with Crippen LogP contribution in [-0.4, -0.2) is 56.5 Å². The number of rotatable bonds is 4. The molecular formula is C18H22N2O3S3. The molecule has 5 nitrogen and oxygen atoms in total. The average molecular weight is 411 g/mol. The lowest BCUT2D eigenvalue weighted by molar-refractivity contribution is 0.0766. The molecule has 1 amide bonds. The van der Waals surface area contributed by atoms with Crippen LogP contribution in [0, 0.1) is 0 Å². The highest BCUT2D eigenvalue weighted by molar-refractivity contribution is 7.99. The highest BCUT2D eigenvalue weighted by Gasteiger charge is 2.24. The molecule has 0 bridgehead atoms. The van der Waals surface area contributed by atoms with E-state index in [4.69, 9.17) is 0 Å². The third kappa shape index (κ3) is 4.14. The van der Waals surface area contributed by atoms with Crippen molar-refractivity contribution in [1.29, 1.82) is 0 Å². The first-order chi connectivity index (χ1) is 12.4. The highest BCUT2D eigenvalue weighted by atomic mass is 32.2. The summed E-state index contributed by atoms with van der Waals surface area (Å²) in [6, 6.07) is 10.4. The Morgan fingerprint density at radius 3 is 2.50 bits per heavy atom. The van der Waals surface area contributed by atoms with E-state index in [0.29, 0.717) is 23.9 Å². The van der Waals surface area contributed by atoms with Crippen molar-refractivity contribution in [2.75, 3.05) is 32.9 Å². The van der Waals surface area contributed by atoms with Gasteiger partial charge in [-0.3, -0.25) is 4.79 Å². The van der Waals surface area contributed by atoms with Crippen LogP contribution in [0.15, 0.2) is 46.7 Å². The van der Waals surface area contributed by atoms with Crippen LogP contribution >= 0.6 is 23.1 Å². The number of hydrogen-bond donors (Lipinski definition) is 0. The smallest absolute Gasteiger partial charge is 0.253 e. The van der Waals surface area contributed by atoms with E-state index in [2.05, 4.69) is 17.5 Å². The summed E-state index contributed by atoms with van der Waals surface area (Å²) in [5, 5.41) is 2.54. The van der Waals surface area contributed by atoms with Crippen molar-refractivity contribution in [2.24, 2.45) is 0 Å². The van der Waals surface area contributed by atoms with E-state index in [-0.39, 0.29) is 10.8 Å². The zero-order chi connectivity index (χ0) is 18.7. The molecule has 0 spiro atoms. The van der Waals surface area contributed by atoms with Gasteiger partial charge in [-0.2, -0.15) is 11.8 Å². The largest absolute Gasteiger partial charge is 0.338 e. The second-order valence-corrected chi connectivity index (χ2v) is 10.7. The number of thiophene rings is 1. The van der Waals surface area contributed by atoms with E-state index in [0.717, 1.165) is 12.2 Å². The molecule has 1 aromatic heterocycles. The molecule has 1 aliphatic rings. The Bertz CT molecular complexity index is 846. The fourth-order valence-electron chi connectivity index (χ4n) is 2.84. The monoisotopic (exact) mass is 410 g/mol. The molecule has 0 radical (unpaired) electrons. The van der Waals surface area contributed by atoms with Gasteiger partial charge in [0, 0.05) is 48.6 Å². The zero-order valence-corrected chi connectivity index (χ0v) is 17.2. The molecule has 8 heteroatoms. The van der Waals surface area contributed by atoms with Gasteiger partial charge in [0.1, 0.15) is 0 Å². The first-order valence-electron chi connectivity index (χ1n) is 8.36. The summed E-state index contributed by atoms with van der Waals surface area (Å²) in [4.78, 5) is 16.2. The maximum absolute atomic E-state index is 12.8. The second kappa shape index (κ2) is 8.12. The van der Waals surface area contributed by atoms with Crippen LogP contribution in [-0.2, 0) is 10.0 Å². The third-order valence-corrected chi connectivity index (χ3v) is 8.64. The van der Waals surface area contributed by atoms with Gasteiger partial charge >= 0.3 is 0 Å². The predicted octanol–water partition coefficient (Wildman–Crippen LogP) is 3.32. The van der Waals surface area contributed by atoms with Crippen LogP contribution in [0.4, 0.5) is 0 Å². The van der Waals surface area contributed by atoms with Crippen molar-refractivity contribution in [2.45, 2.75) is 16.6 Å². The van der Waals surface area contributed by atoms with Crippen molar-refractivity contribution < 1.29 is 13.2 Å². The van der Waals surface area contributed by atoms with Gasteiger partial charge in [0.05, 0.1) is 4.90 Å². The Kier molecular flexibility index (Phi) is 6.06. The predicted molar refractivity (Wildman–Crippen MR) is 107 cm³/mol. The topological polar surface area (TPSA) is 57.7 Å². The summed E-state index contributed by atoms with van der Waals surface area (Å²) in [5.41, 5.74) is 0.530. The average Bonchev–Trinajstić information content (AvgIpc) is 3.06. The lowest BCUT2D eigenvalue weighted by Crippen LogP contribution is -2.33. The normalized spacial score (nSPS) is 18.7. The van der Waals surface area contributed by atoms with Gasteiger partial charge in [-0.1, -0.05) is 6.07 Å². The van der Waals surface area contributed by atoms with Crippen molar-refractivity contribution in [1.82, 2.24) is 9.21 Å². The molecule has 1 aliphatic heterocycles. The van der Waals surface area contributed by atoms with Gasteiger partial charge in [-0.25, -0.2) is 12.7 Å². The molecule has 0 N–H and O–H groups in total. The number of amides is 1. The van der Waals surface area contributed by atoms with Gasteiger partial charge < -0.3 is 4.90 Å². The Morgan fingerprint density at radius 1 is 1.15 bits per heavy atom. The molecule has 2 aromatic rings. The number of nitrogens with zero attached hydrogens (tertiary/aromatic N) is 2. The van der Waals surface area contributed by atoms with Gasteiger partial charge in [0.15, 0.2) is 0 Å².